The minimum atomic E-state index is -0.616. The number of aliphatic hydroxyl groups is 1. The molecule has 0 saturated carbocycles. The van der Waals surface area contributed by atoms with Gasteiger partial charge in [-0.1, -0.05) is 31.9 Å². The number of halogens is 1. The van der Waals surface area contributed by atoms with E-state index in [1.807, 2.05) is 0 Å². The van der Waals surface area contributed by atoms with E-state index in [2.05, 4.69) is 32.8 Å². The van der Waals surface area contributed by atoms with Crippen molar-refractivity contribution in [3.05, 3.63) is 41.8 Å². The van der Waals surface area contributed by atoms with Crippen LogP contribution in [0.3, 0.4) is 0 Å². The number of aliphatic hydroxyl groups excluding tert-OH is 1. The number of nitrogens with one attached hydrogen (secondary N) is 3. The Bertz CT molecular complexity index is 726. The summed E-state index contributed by atoms with van der Waals surface area (Å²) < 4.78 is 14.1. The second-order valence-electron chi connectivity index (χ2n) is 5.67. The van der Waals surface area contributed by atoms with E-state index in [9.17, 15) is 9.18 Å². The second-order valence-corrected chi connectivity index (χ2v) is 5.67. The van der Waals surface area contributed by atoms with Crippen molar-refractivity contribution in [3.8, 4) is 0 Å². The van der Waals surface area contributed by atoms with E-state index in [1.54, 1.807) is 24.3 Å². The fraction of sp³-hybridized carbons (Fsp3) is 0.389. The molecule has 0 unspecified atom stereocenters. The number of hydrogen-bond acceptors (Lipinski definition) is 6. The molecule has 1 aromatic heterocycles. The molecule has 0 atom stereocenters. The summed E-state index contributed by atoms with van der Waals surface area (Å²) in [5, 5.41) is 17.3. The standard InChI is InChI=1S/C18H24FN5O2/c1-2-3-6-9-21-18-22-12-14(19)16(24-18)23-15-8-5-4-7-13(15)17(26)20-10-11-25/h4-5,7-8,12,25H,2-3,6,9-11H2,1H3,(H,20,26)(H2,21,22,23,24). The fourth-order valence-electron chi connectivity index (χ4n) is 2.30. The van der Waals surface area contributed by atoms with Crippen LogP contribution in [0.15, 0.2) is 30.5 Å². The number of para-hydroxylation sites is 1. The predicted octanol–water partition coefficient (Wildman–Crippen LogP) is 2.68. The average Bonchev–Trinajstić information content (AvgIpc) is 2.66. The van der Waals surface area contributed by atoms with E-state index in [-0.39, 0.29) is 24.9 Å². The Morgan fingerprint density at radius 3 is 2.81 bits per heavy atom. The molecular formula is C18H24FN5O2. The average molecular weight is 361 g/mol. The molecule has 1 aromatic carbocycles. The molecule has 26 heavy (non-hydrogen) atoms. The first-order valence-corrected chi connectivity index (χ1v) is 8.67. The van der Waals surface area contributed by atoms with Crippen molar-refractivity contribution in [1.29, 1.82) is 0 Å². The van der Waals surface area contributed by atoms with Crippen LogP contribution in [0.5, 0.6) is 0 Å². The highest BCUT2D eigenvalue weighted by Gasteiger charge is 2.13. The Kier molecular flexibility index (Phi) is 7.75. The largest absolute Gasteiger partial charge is 0.395 e. The molecule has 0 spiro atoms. The maximum Gasteiger partial charge on any atom is 0.253 e. The lowest BCUT2D eigenvalue weighted by Gasteiger charge is -2.13. The van der Waals surface area contributed by atoms with Crippen molar-refractivity contribution < 1.29 is 14.3 Å². The molecule has 2 aromatic rings. The van der Waals surface area contributed by atoms with Gasteiger partial charge in [-0.2, -0.15) is 4.98 Å². The highest BCUT2D eigenvalue weighted by atomic mass is 19.1. The summed E-state index contributed by atoms with van der Waals surface area (Å²) in [6.45, 7) is 2.80. The lowest BCUT2D eigenvalue weighted by molar-refractivity contribution is 0.0945. The first-order chi connectivity index (χ1) is 12.7. The summed E-state index contributed by atoms with van der Waals surface area (Å²) in [7, 11) is 0. The minimum absolute atomic E-state index is 0.0135. The van der Waals surface area contributed by atoms with Gasteiger partial charge in [0.15, 0.2) is 11.6 Å². The van der Waals surface area contributed by atoms with Crippen LogP contribution < -0.4 is 16.0 Å². The molecule has 0 fully saturated rings. The quantitative estimate of drug-likeness (QED) is 0.486. The zero-order valence-corrected chi connectivity index (χ0v) is 14.8. The van der Waals surface area contributed by atoms with Crippen LogP contribution in [-0.2, 0) is 0 Å². The molecule has 7 nitrogen and oxygen atoms in total. The molecule has 0 aliphatic carbocycles. The van der Waals surface area contributed by atoms with Crippen LogP contribution in [0.2, 0.25) is 0 Å². The molecule has 0 aliphatic rings. The lowest BCUT2D eigenvalue weighted by Crippen LogP contribution is -2.27. The fourth-order valence-corrected chi connectivity index (χ4v) is 2.30. The van der Waals surface area contributed by atoms with E-state index >= 15 is 0 Å². The maximum absolute atomic E-state index is 14.1. The zero-order chi connectivity index (χ0) is 18.8. The zero-order valence-electron chi connectivity index (χ0n) is 14.8. The SMILES string of the molecule is CCCCCNc1ncc(F)c(Nc2ccccc2C(=O)NCCO)n1. The number of hydrogen-bond donors (Lipinski definition) is 4. The molecule has 0 aliphatic heterocycles. The molecule has 2 rings (SSSR count). The smallest absolute Gasteiger partial charge is 0.253 e. The van der Waals surface area contributed by atoms with Crippen LogP contribution in [0.25, 0.3) is 0 Å². The van der Waals surface area contributed by atoms with Crippen molar-refractivity contribution in [2.45, 2.75) is 26.2 Å². The van der Waals surface area contributed by atoms with Crippen LogP contribution >= 0.6 is 0 Å². The lowest BCUT2D eigenvalue weighted by atomic mass is 10.1. The van der Waals surface area contributed by atoms with Gasteiger partial charge in [-0.05, 0) is 18.6 Å². The number of rotatable bonds is 10. The Hall–Kier alpha value is -2.74. The number of carbonyl (C=O) groups is 1. The van der Waals surface area contributed by atoms with Gasteiger partial charge in [0.1, 0.15) is 0 Å². The Balaban J connectivity index is 2.14. The third-order valence-electron chi connectivity index (χ3n) is 3.63. The molecule has 0 radical (unpaired) electrons. The van der Waals surface area contributed by atoms with Crippen LogP contribution in [0, 0.1) is 5.82 Å². The van der Waals surface area contributed by atoms with Gasteiger partial charge in [0.25, 0.3) is 5.91 Å². The molecule has 4 N–H and O–H groups in total. The molecular weight excluding hydrogens is 337 g/mol. The Morgan fingerprint density at radius 2 is 2.04 bits per heavy atom. The molecule has 140 valence electrons. The number of amides is 1. The summed E-state index contributed by atoms with van der Waals surface area (Å²) in [6, 6.07) is 6.70. The molecule has 0 saturated heterocycles. The van der Waals surface area contributed by atoms with Crippen LogP contribution in [0.1, 0.15) is 36.5 Å². The molecule has 1 heterocycles. The van der Waals surface area contributed by atoms with Gasteiger partial charge < -0.3 is 21.1 Å². The number of unbranched alkanes of at least 4 members (excludes halogenated alkanes) is 2. The summed E-state index contributed by atoms with van der Waals surface area (Å²) in [6.07, 6.45) is 4.27. The summed E-state index contributed by atoms with van der Waals surface area (Å²) in [5.41, 5.74) is 0.744. The van der Waals surface area contributed by atoms with E-state index in [1.165, 1.54) is 0 Å². The first-order valence-electron chi connectivity index (χ1n) is 8.67. The summed E-state index contributed by atoms with van der Waals surface area (Å²) >= 11 is 0. The van der Waals surface area contributed by atoms with Crippen molar-refractivity contribution in [2.75, 3.05) is 30.3 Å². The van der Waals surface area contributed by atoms with Crippen molar-refractivity contribution >= 4 is 23.4 Å². The van der Waals surface area contributed by atoms with E-state index < -0.39 is 5.82 Å². The highest BCUT2D eigenvalue weighted by Crippen LogP contribution is 2.22. The van der Waals surface area contributed by atoms with Crippen LogP contribution in [0.4, 0.5) is 21.8 Å². The predicted molar refractivity (Wildman–Crippen MR) is 99.1 cm³/mol. The minimum Gasteiger partial charge on any atom is -0.395 e. The van der Waals surface area contributed by atoms with E-state index in [0.717, 1.165) is 25.5 Å². The normalized spacial score (nSPS) is 10.4. The van der Waals surface area contributed by atoms with Gasteiger partial charge in [-0.25, -0.2) is 9.37 Å². The van der Waals surface area contributed by atoms with Gasteiger partial charge in [0.05, 0.1) is 24.1 Å². The van der Waals surface area contributed by atoms with E-state index in [4.69, 9.17) is 5.11 Å². The number of benzene rings is 1. The van der Waals surface area contributed by atoms with E-state index in [0.29, 0.717) is 23.7 Å². The van der Waals surface area contributed by atoms with Gasteiger partial charge in [-0.15, -0.1) is 0 Å². The number of anilines is 3. The van der Waals surface area contributed by atoms with Crippen molar-refractivity contribution in [3.63, 3.8) is 0 Å². The molecule has 1 amide bonds. The molecule has 8 heteroatoms. The topological polar surface area (TPSA) is 99.2 Å². The highest BCUT2D eigenvalue weighted by molar-refractivity contribution is 6.00. The Morgan fingerprint density at radius 1 is 1.23 bits per heavy atom. The summed E-state index contributed by atoms with van der Waals surface area (Å²) in [5.74, 6) is -0.670. The Labute approximate surface area is 152 Å². The van der Waals surface area contributed by atoms with Crippen molar-refractivity contribution in [2.24, 2.45) is 0 Å². The third-order valence-corrected chi connectivity index (χ3v) is 3.63. The van der Waals surface area contributed by atoms with Gasteiger partial charge >= 0.3 is 0 Å². The molecule has 0 bridgehead atoms. The number of carbonyl (C=O) groups excluding carboxylic acids is 1. The first kappa shape index (κ1) is 19.6. The maximum atomic E-state index is 14.1. The number of aromatic nitrogens is 2. The van der Waals surface area contributed by atoms with Crippen LogP contribution in [-0.4, -0.2) is 40.7 Å². The van der Waals surface area contributed by atoms with Gasteiger partial charge in [-0.3, -0.25) is 4.79 Å². The monoisotopic (exact) mass is 361 g/mol. The second kappa shape index (κ2) is 10.3. The number of nitrogens with zero attached hydrogens (tertiary/aromatic N) is 2. The van der Waals surface area contributed by atoms with Gasteiger partial charge in [0.2, 0.25) is 5.95 Å². The third kappa shape index (κ3) is 5.66. The van der Waals surface area contributed by atoms with Gasteiger partial charge in [0, 0.05) is 13.1 Å². The van der Waals surface area contributed by atoms with Crippen molar-refractivity contribution in [1.82, 2.24) is 15.3 Å². The summed E-state index contributed by atoms with van der Waals surface area (Å²) in [4.78, 5) is 20.2.